The summed E-state index contributed by atoms with van der Waals surface area (Å²) < 4.78 is 0. The maximum Gasteiger partial charge on any atom is 0.263 e. The third kappa shape index (κ3) is 2.03. The number of carbonyl (C=O) groups excluding carboxylic acids is 2. The Labute approximate surface area is 133 Å². The van der Waals surface area contributed by atoms with E-state index >= 15 is 0 Å². The predicted molar refractivity (Wildman–Crippen MR) is 85.0 cm³/mol. The second-order valence-corrected chi connectivity index (χ2v) is 5.62. The molecule has 23 heavy (non-hydrogen) atoms. The number of carbonyl (C=O) groups is 2. The normalized spacial score (nSPS) is 22.8. The number of nitrogens with zero attached hydrogens (tertiary/aromatic N) is 4. The summed E-state index contributed by atoms with van der Waals surface area (Å²) in [5, 5.41) is 9.57. The lowest BCUT2D eigenvalue weighted by Crippen LogP contribution is -2.39. The van der Waals surface area contributed by atoms with Crippen LogP contribution in [0.15, 0.2) is 64.9 Å². The Kier molecular flexibility index (Phi) is 2.97. The van der Waals surface area contributed by atoms with Crippen molar-refractivity contribution in [2.45, 2.75) is 19.0 Å². The maximum absolute atomic E-state index is 12.8. The fraction of sp³-hybridized carbons (Fsp3) is 0.176. The van der Waals surface area contributed by atoms with Crippen LogP contribution in [0.3, 0.4) is 0 Å². The minimum Gasteiger partial charge on any atom is -0.271 e. The van der Waals surface area contributed by atoms with Crippen LogP contribution in [0, 0.1) is 6.92 Å². The van der Waals surface area contributed by atoms with Crippen LogP contribution in [0.5, 0.6) is 0 Å². The molecule has 0 radical (unpaired) electrons. The van der Waals surface area contributed by atoms with Crippen LogP contribution in [-0.2, 0) is 9.59 Å². The van der Waals surface area contributed by atoms with Gasteiger partial charge in [-0.15, -0.1) is 0 Å². The first-order valence-electron chi connectivity index (χ1n) is 7.36. The topological polar surface area (TPSA) is 65.3 Å². The SMILES string of the molecule is Cc1ccc(N2C(=O)[C@@H]3[C@@H](N=NN3c3ccccc3)C2=O)cc1. The standard InChI is InChI=1S/C17H14N4O2/c1-11-7-9-12(10-8-11)20-16(22)14-15(17(20)23)21(19-18-14)13-5-3-2-4-6-13/h2-10,14-15H,1H3/t14-,15+/m1/s1. The van der Waals surface area contributed by atoms with Gasteiger partial charge in [-0.05, 0) is 31.2 Å². The summed E-state index contributed by atoms with van der Waals surface area (Å²) in [6, 6.07) is 15.1. The number of anilines is 2. The Morgan fingerprint density at radius 3 is 2.26 bits per heavy atom. The molecule has 2 heterocycles. The molecule has 1 fully saturated rings. The van der Waals surface area contributed by atoms with Gasteiger partial charge in [-0.2, -0.15) is 5.11 Å². The number of fused-ring (bicyclic) bond motifs is 1. The van der Waals surface area contributed by atoms with Crippen LogP contribution < -0.4 is 9.91 Å². The molecule has 2 aromatic rings. The number of imide groups is 1. The molecule has 4 rings (SSSR count). The van der Waals surface area contributed by atoms with E-state index in [1.165, 1.54) is 9.91 Å². The van der Waals surface area contributed by atoms with Gasteiger partial charge in [-0.3, -0.25) is 9.59 Å². The molecule has 2 atom stereocenters. The van der Waals surface area contributed by atoms with Gasteiger partial charge in [0.2, 0.25) is 0 Å². The zero-order valence-electron chi connectivity index (χ0n) is 12.5. The van der Waals surface area contributed by atoms with E-state index in [-0.39, 0.29) is 11.8 Å². The van der Waals surface area contributed by atoms with Gasteiger partial charge in [-0.25, -0.2) is 9.91 Å². The smallest absolute Gasteiger partial charge is 0.263 e. The van der Waals surface area contributed by atoms with Crippen molar-refractivity contribution in [3.05, 3.63) is 60.2 Å². The van der Waals surface area contributed by atoms with E-state index in [9.17, 15) is 9.59 Å². The first-order chi connectivity index (χ1) is 11.2. The van der Waals surface area contributed by atoms with Crippen molar-refractivity contribution in [2.24, 2.45) is 10.3 Å². The molecule has 2 aromatic carbocycles. The molecular weight excluding hydrogens is 292 g/mol. The van der Waals surface area contributed by atoms with Gasteiger partial charge in [0.15, 0.2) is 12.1 Å². The Morgan fingerprint density at radius 1 is 0.870 bits per heavy atom. The van der Waals surface area contributed by atoms with E-state index in [1.807, 2.05) is 49.4 Å². The number of rotatable bonds is 2. The van der Waals surface area contributed by atoms with Crippen LogP contribution in [-0.4, -0.2) is 23.9 Å². The van der Waals surface area contributed by atoms with Gasteiger partial charge in [0.05, 0.1) is 11.4 Å². The lowest BCUT2D eigenvalue weighted by molar-refractivity contribution is -0.121. The van der Waals surface area contributed by atoms with Crippen molar-refractivity contribution in [3.8, 4) is 0 Å². The lowest BCUT2D eigenvalue weighted by atomic mass is 10.1. The Hall–Kier alpha value is -3.02. The molecule has 0 saturated carbocycles. The minimum absolute atomic E-state index is 0.294. The Morgan fingerprint density at radius 2 is 1.57 bits per heavy atom. The highest BCUT2D eigenvalue weighted by Crippen LogP contribution is 2.34. The average molecular weight is 306 g/mol. The maximum atomic E-state index is 12.8. The van der Waals surface area contributed by atoms with E-state index < -0.39 is 12.1 Å². The van der Waals surface area contributed by atoms with Crippen molar-refractivity contribution >= 4 is 23.2 Å². The van der Waals surface area contributed by atoms with E-state index in [2.05, 4.69) is 10.3 Å². The fourth-order valence-electron chi connectivity index (χ4n) is 2.90. The van der Waals surface area contributed by atoms with E-state index in [0.717, 1.165) is 11.3 Å². The molecule has 2 aliphatic heterocycles. The zero-order chi connectivity index (χ0) is 16.0. The molecule has 0 bridgehead atoms. The van der Waals surface area contributed by atoms with Crippen LogP contribution >= 0.6 is 0 Å². The van der Waals surface area contributed by atoms with Gasteiger partial charge in [0.25, 0.3) is 11.8 Å². The van der Waals surface area contributed by atoms with Crippen molar-refractivity contribution in [1.29, 1.82) is 0 Å². The molecular formula is C17H14N4O2. The molecule has 0 aliphatic carbocycles. The van der Waals surface area contributed by atoms with Gasteiger partial charge in [-0.1, -0.05) is 41.1 Å². The number of para-hydroxylation sites is 1. The van der Waals surface area contributed by atoms with Crippen LogP contribution in [0.2, 0.25) is 0 Å². The quantitative estimate of drug-likeness (QED) is 0.801. The Bertz CT molecular complexity index is 801. The zero-order valence-corrected chi connectivity index (χ0v) is 12.5. The monoisotopic (exact) mass is 306 g/mol. The van der Waals surface area contributed by atoms with E-state index in [1.54, 1.807) is 12.1 Å². The van der Waals surface area contributed by atoms with Crippen molar-refractivity contribution in [2.75, 3.05) is 9.91 Å². The first kappa shape index (κ1) is 13.6. The molecule has 0 aromatic heterocycles. The summed E-state index contributed by atoms with van der Waals surface area (Å²) in [4.78, 5) is 26.6. The molecule has 114 valence electrons. The molecule has 1 saturated heterocycles. The van der Waals surface area contributed by atoms with Crippen LogP contribution in [0.1, 0.15) is 5.56 Å². The van der Waals surface area contributed by atoms with E-state index in [0.29, 0.717) is 5.69 Å². The first-order valence-corrected chi connectivity index (χ1v) is 7.36. The molecule has 0 spiro atoms. The number of aryl methyl sites for hydroxylation is 1. The molecule has 2 amide bonds. The summed E-state index contributed by atoms with van der Waals surface area (Å²) >= 11 is 0. The Balaban J connectivity index is 1.70. The minimum atomic E-state index is -0.774. The summed E-state index contributed by atoms with van der Waals surface area (Å²) in [7, 11) is 0. The number of benzene rings is 2. The number of amides is 2. The average Bonchev–Trinajstić information content (AvgIpc) is 3.11. The molecule has 6 heteroatoms. The van der Waals surface area contributed by atoms with E-state index in [4.69, 9.17) is 0 Å². The summed E-state index contributed by atoms with van der Waals surface area (Å²) in [5.74, 6) is -0.622. The second kappa shape index (κ2) is 5.01. The highest BCUT2D eigenvalue weighted by Gasteiger charge is 2.55. The summed E-state index contributed by atoms with van der Waals surface area (Å²) in [5.41, 5.74) is 2.39. The fourth-order valence-corrected chi connectivity index (χ4v) is 2.90. The lowest BCUT2D eigenvalue weighted by Gasteiger charge is -2.20. The summed E-state index contributed by atoms with van der Waals surface area (Å²) in [6.07, 6.45) is 0. The van der Waals surface area contributed by atoms with Crippen LogP contribution in [0.4, 0.5) is 11.4 Å². The van der Waals surface area contributed by atoms with Gasteiger partial charge < -0.3 is 0 Å². The third-order valence-corrected chi connectivity index (χ3v) is 4.09. The van der Waals surface area contributed by atoms with Crippen LogP contribution in [0.25, 0.3) is 0 Å². The second-order valence-electron chi connectivity index (χ2n) is 5.62. The van der Waals surface area contributed by atoms with Gasteiger partial charge >= 0.3 is 0 Å². The molecule has 0 N–H and O–H groups in total. The number of hydrogen-bond donors (Lipinski definition) is 0. The predicted octanol–water partition coefficient (Wildman–Crippen LogP) is 2.49. The molecule has 6 nitrogen and oxygen atoms in total. The third-order valence-electron chi connectivity index (χ3n) is 4.09. The molecule has 2 aliphatic rings. The summed E-state index contributed by atoms with van der Waals surface area (Å²) in [6.45, 7) is 1.96. The number of hydrogen-bond acceptors (Lipinski definition) is 5. The van der Waals surface area contributed by atoms with Crippen molar-refractivity contribution in [3.63, 3.8) is 0 Å². The largest absolute Gasteiger partial charge is 0.271 e. The molecule has 0 unspecified atom stereocenters. The van der Waals surface area contributed by atoms with Gasteiger partial charge in [0.1, 0.15) is 0 Å². The highest BCUT2D eigenvalue weighted by molar-refractivity contribution is 6.26. The van der Waals surface area contributed by atoms with Gasteiger partial charge in [0, 0.05) is 0 Å². The van der Waals surface area contributed by atoms with Crippen molar-refractivity contribution < 1.29 is 9.59 Å². The highest BCUT2D eigenvalue weighted by atomic mass is 16.2. The van der Waals surface area contributed by atoms with Crippen molar-refractivity contribution in [1.82, 2.24) is 0 Å².